The zero-order chi connectivity index (χ0) is 13.9. The number of carboxylic acids is 1. The Balaban J connectivity index is 3.15. The summed E-state index contributed by atoms with van der Waals surface area (Å²) in [7, 11) is 1.20. The standard InChI is InChI=1S/C14H18O4/c1-9-5-6-10(2)11(7-9)8-14(3,12(15)16)13(17)18-4/h5-7H,8H2,1-4H3,(H,15,16). The summed E-state index contributed by atoms with van der Waals surface area (Å²) in [5.41, 5.74) is 1.31. The van der Waals surface area contributed by atoms with Gasteiger partial charge in [-0.1, -0.05) is 23.8 Å². The van der Waals surface area contributed by atoms with Crippen LogP contribution < -0.4 is 0 Å². The Hall–Kier alpha value is -1.84. The van der Waals surface area contributed by atoms with E-state index in [0.29, 0.717) is 0 Å². The Bertz CT molecular complexity index is 479. The number of carboxylic acid groups (broad SMARTS) is 1. The van der Waals surface area contributed by atoms with Crippen molar-refractivity contribution in [3.05, 3.63) is 34.9 Å². The number of esters is 1. The lowest BCUT2D eigenvalue weighted by Gasteiger charge is -2.22. The molecule has 0 aromatic heterocycles. The van der Waals surface area contributed by atoms with E-state index in [1.165, 1.54) is 14.0 Å². The van der Waals surface area contributed by atoms with Crippen LogP contribution in [0.2, 0.25) is 0 Å². The van der Waals surface area contributed by atoms with Crippen LogP contribution in [-0.2, 0) is 20.7 Å². The van der Waals surface area contributed by atoms with E-state index in [2.05, 4.69) is 4.74 Å². The van der Waals surface area contributed by atoms with E-state index in [1.54, 1.807) is 0 Å². The van der Waals surface area contributed by atoms with Gasteiger partial charge in [0.1, 0.15) is 0 Å². The molecule has 4 nitrogen and oxygen atoms in total. The second kappa shape index (κ2) is 5.21. The van der Waals surface area contributed by atoms with E-state index in [9.17, 15) is 14.7 Å². The molecule has 18 heavy (non-hydrogen) atoms. The Morgan fingerprint density at radius 1 is 1.33 bits per heavy atom. The third kappa shape index (κ3) is 2.70. The molecule has 0 bridgehead atoms. The van der Waals surface area contributed by atoms with Crippen LogP contribution >= 0.6 is 0 Å². The van der Waals surface area contributed by atoms with E-state index in [4.69, 9.17) is 0 Å². The fourth-order valence-corrected chi connectivity index (χ4v) is 1.83. The number of methoxy groups -OCH3 is 1. The number of carbonyl (C=O) groups is 2. The molecule has 0 aliphatic carbocycles. The fourth-order valence-electron chi connectivity index (χ4n) is 1.83. The predicted molar refractivity (Wildman–Crippen MR) is 67.4 cm³/mol. The smallest absolute Gasteiger partial charge is 0.323 e. The maximum absolute atomic E-state index is 11.7. The molecule has 0 heterocycles. The molecular weight excluding hydrogens is 232 g/mol. The summed E-state index contributed by atoms with van der Waals surface area (Å²) >= 11 is 0. The molecular formula is C14H18O4. The monoisotopic (exact) mass is 250 g/mol. The van der Waals surface area contributed by atoms with Gasteiger partial charge in [0.2, 0.25) is 0 Å². The van der Waals surface area contributed by atoms with Crippen LogP contribution in [0, 0.1) is 19.3 Å². The van der Waals surface area contributed by atoms with Crippen molar-refractivity contribution in [2.75, 3.05) is 7.11 Å². The van der Waals surface area contributed by atoms with E-state index in [1.807, 2.05) is 32.0 Å². The van der Waals surface area contributed by atoms with Gasteiger partial charge < -0.3 is 9.84 Å². The van der Waals surface area contributed by atoms with Gasteiger partial charge in [0.25, 0.3) is 0 Å². The van der Waals surface area contributed by atoms with Crippen molar-refractivity contribution >= 4 is 11.9 Å². The zero-order valence-corrected chi connectivity index (χ0v) is 11.1. The quantitative estimate of drug-likeness (QED) is 0.656. The largest absolute Gasteiger partial charge is 0.480 e. The molecule has 0 saturated heterocycles. The van der Waals surface area contributed by atoms with E-state index in [0.717, 1.165) is 16.7 Å². The number of hydrogen-bond acceptors (Lipinski definition) is 3. The highest BCUT2D eigenvalue weighted by atomic mass is 16.5. The Morgan fingerprint density at radius 2 is 1.94 bits per heavy atom. The van der Waals surface area contributed by atoms with Crippen LogP contribution in [-0.4, -0.2) is 24.2 Å². The van der Waals surface area contributed by atoms with Gasteiger partial charge in [-0.15, -0.1) is 0 Å². The van der Waals surface area contributed by atoms with Gasteiger partial charge in [0, 0.05) is 0 Å². The fraction of sp³-hybridized carbons (Fsp3) is 0.429. The third-order valence-electron chi connectivity index (χ3n) is 3.16. The summed E-state index contributed by atoms with van der Waals surface area (Å²) in [6, 6.07) is 5.78. The maximum Gasteiger partial charge on any atom is 0.323 e. The molecule has 1 aromatic rings. The lowest BCUT2D eigenvalue weighted by Crippen LogP contribution is -2.39. The Kier molecular flexibility index (Phi) is 4.11. The molecule has 0 aliphatic rings. The summed E-state index contributed by atoms with van der Waals surface area (Å²) < 4.78 is 4.60. The highest BCUT2D eigenvalue weighted by Crippen LogP contribution is 2.27. The molecule has 1 N–H and O–H groups in total. The SMILES string of the molecule is COC(=O)C(C)(Cc1cc(C)ccc1C)C(=O)O. The second-order valence-corrected chi connectivity index (χ2v) is 4.74. The van der Waals surface area contributed by atoms with Gasteiger partial charge in [-0.25, -0.2) is 0 Å². The molecule has 1 aromatic carbocycles. The van der Waals surface area contributed by atoms with Crippen molar-refractivity contribution in [3.63, 3.8) is 0 Å². The average Bonchev–Trinajstić information content (AvgIpc) is 2.32. The molecule has 4 heteroatoms. The number of hydrogen-bond donors (Lipinski definition) is 1. The third-order valence-corrected chi connectivity index (χ3v) is 3.16. The van der Waals surface area contributed by atoms with Gasteiger partial charge in [0.15, 0.2) is 5.41 Å². The molecule has 0 radical (unpaired) electrons. The summed E-state index contributed by atoms with van der Waals surface area (Å²) in [6.45, 7) is 5.22. The molecule has 0 fully saturated rings. The Labute approximate surface area is 107 Å². The van der Waals surface area contributed by atoms with Crippen LogP contribution in [0.1, 0.15) is 23.6 Å². The molecule has 0 spiro atoms. The number of ether oxygens (including phenoxy) is 1. The highest BCUT2D eigenvalue weighted by molar-refractivity contribution is 5.99. The average molecular weight is 250 g/mol. The first-order valence-electron chi connectivity index (χ1n) is 5.69. The topological polar surface area (TPSA) is 63.6 Å². The normalized spacial score (nSPS) is 13.8. The van der Waals surface area contributed by atoms with Crippen LogP contribution in [0.4, 0.5) is 0 Å². The summed E-state index contributed by atoms with van der Waals surface area (Å²) in [4.78, 5) is 23.0. The molecule has 0 amide bonds. The van der Waals surface area contributed by atoms with Crippen LogP contribution in [0.5, 0.6) is 0 Å². The minimum atomic E-state index is -1.55. The van der Waals surface area contributed by atoms with Gasteiger partial charge in [-0.3, -0.25) is 9.59 Å². The predicted octanol–water partition coefficient (Wildman–Crippen LogP) is 2.11. The molecule has 1 atom stereocenters. The first kappa shape index (κ1) is 14.2. The van der Waals surface area contributed by atoms with E-state index < -0.39 is 17.4 Å². The molecule has 1 unspecified atom stereocenters. The van der Waals surface area contributed by atoms with E-state index in [-0.39, 0.29) is 6.42 Å². The summed E-state index contributed by atoms with van der Waals surface area (Å²) in [6.07, 6.45) is 0.127. The lowest BCUT2D eigenvalue weighted by molar-refractivity contribution is -0.165. The van der Waals surface area contributed by atoms with Crippen LogP contribution in [0.25, 0.3) is 0 Å². The molecule has 0 saturated carbocycles. The number of rotatable bonds is 4. The molecule has 98 valence electrons. The van der Waals surface area contributed by atoms with Gasteiger partial charge in [0.05, 0.1) is 7.11 Å². The lowest BCUT2D eigenvalue weighted by atomic mass is 9.82. The van der Waals surface area contributed by atoms with Crippen molar-refractivity contribution in [2.24, 2.45) is 5.41 Å². The summed E-state index contributed by atoms with van der Waals surface area (Å²) in [5.74, 6) is -1.90. The second-order valence-electron chi connectivity index (χ2n) is 4.74. The van der Waals surface area contributed by atoms with Gasteiger partial charge in [-0.05, 0) is 38.3 Å². The minimum absolute atomic E-state index is 0.127. The number of benzene rings is 1. The number of aryl methyl sites for hydroxylation is 2. The minimum Gasteiger partial charge on any atom is -0.480 e. The van der Waals surface area contributed by atoms with Crippen LogP contribution in [0.3, 0.4) is 0 Å². The zero-order valence-electron chi connectivity index (χ0n) is 11.1. The molecule has 1 rings (SSSR count). The maximum atomic E-state index is 11.7. The van der Waals surface area contributed by atoms with Crippen molar-refractivity contribution in [1.82, 2.24) is 0 Å². The van der Waals surface area contributed by atoms with Crippen molar-refractivity contribution in [1.29, 1.82) is 0 Å². The van der Waals surface area contributed by atoms with Crippen LogP contribution in [0.15, 0.2) is 18.2 Å². The van der Waals surface area contributed by atoms with Crippen molar-refractivity contribution < 1.29 is 19.4 Å². The number of aliphatic carboxylic acids is 1. The van der Waals surface area contributed by atoms with Gasteiger partial charge in [-0.2, -0.15) is 0 Å². The Morgan fingerprint density at radius 3 is 2.44 bits per heavy atom. The molecule has 0 aliphatic heterocycles. The van der Waals surface area contributed by atoms with Crippen molar-refractivity contribution in [2.45, 2.75) is 27.2 Å². The first-order chi connectivity index (χ1) is 8.31. The summed E-state index contributed by atoms with van der Waals surface area (Å²) in [5, 5.41) is 9.25. The first-order valence-corrected chi connectivity index (χ1v) is 5.69. The van der Waals surface area contributed by atoms with Crippen molar-refractivity contribution in [3.8, 4) is 0 Å². The van der Waals surface area contributed by atoms with E-state index >= 15 is 0 Å². The van der Waals surface area contributed by atoms with Gasteiger partial charge >= 0.3 is 11.9 Å². The number of carbonyl (C=O) groups excluding carboxylic acids is 1. The highest BCUT2D eigenvalue weighted by Gasteiger charge is 2.43.